The van der Waals surface area contributed by atoms with Crippen LogP contribution in [0.3, 0.4) is 0 Å². The average Bonchev–Trinajstić information content (AvgIpc) is 3.33. The maximum atomic E-state index is 12.1. The third kappa shape index (κ3) is 5.25. The molecule has 6 heteroatoms. The second-order valence-electron chi connectivity index (χ2n) is 7.50. The first-order chi connectivity index (χ1) is 13.6. The van der Waals surface area contributed by atoms with Gasteiger partial charge in [0, 0.05) is 25.1 Å². The molecule has 2 aromatic rings. The standard InChI is InChI=1S/C22H30N4OS/c1-16-10-11-18(17(2)15-16)12-13-21(27)23-14-6-9-20-24-25-22(28-3)26(20)19-7-4-5-8-19/h10-13,15,19H,4-9,14H2,1-3H3,(H,23,27)/b13-12+. The number of nitrogens with one attached hydrogen (secondary N) is 1. The van der Waals surface area contributed by atoms with Gasteiger partial charge in [0.25, 0.3) is 0 Å². The first-order valence-corrected chi connectivity index (χ1v) is 11.3. The van der Waals surface area contributed by atoms with Gasteiger partial charge < -0.3 is 9.88 Å². The number of carbonyl (C=O) groups is 1. The highest BCUT2D eigenvalue weighted by molar-refractivity contribution is 7.98. The summed E-state index contributed by atoms with van der Waals surface area (Å²) in [5.74, 6) is 0.998. The Bertz CT molecular complexity index is 837. The molecule has 1 aliphatic carbocycles. The van der Waals surface area contributed by atoms with E-state index < -0.39 is 0 Å². The van der Waals surface area contributed by atoms with E-state index in [0.29, 0.717) is 12.6 Å². The van der Waals surface area contributed by atoms with E-state index in [1.807, 2.05) is 12.1 Å². The number of benzene rings is 1. The molecule has 0 aliphatic heterocycles. The summed E-state index contributed by atoms with van der Waals surface area (Å²) in [5.41, 5.74) is 3.49. The Hall–Kier alpha value is -2.08. The minimum atomic E-state index is -0.0537. The molecule has 1 amide bonds. The van der Waals surface area contributed by atoms with Crippen molar-refractivity contribution in [1.82, 2.24) is 20.1 Å². The average molecular weight is 399 g/mol. The Morgan fingerprint density at radius 3 is 2.79 bits per heavy atom. The summed E-state index contributed by atoms with van der Waals surface area (Å²) in [7, 11) is 0. The SMILES string of the molecule is CSc1nnc(CCCNC(=O)/C=C/c2ccc(C)cc2C)n1C1CCCC1. The summed E-state index contributed by atoms with van der Waals surface area (Å²) in [5, 5.41) is 12.7. The quantitative estimate of drug-likeness (QED) is 0.404. The van der Waals surface area contributed by atoms with E-state index in [9.17, 15) is 4.79 Å². The predicted molar refractivity (Wildman–Crippen MR) is 116 cm³/mol. The molecule has 1 saturated carbocycles. The van der Waals surface area contributed by atoms with Gasteiger partial charge in [0.05, 0.1) is 0 Å². The molecule has 1 N–H and O–H groups in total. The molecule has 5 nitrogen and oxygen atoms in total. The van der Waals surface area contributed by atoms with Gasteiger partial charge in [-0.25, -0.2) is 0 Å². The van der Waals surface area contributed by atoms with Crippen molar-refractivity contribution in [3.63, 3.8) is 0 Å². The van der Waals surface area contributed by atoms with E-state index in [2.05, 4.69) is 52.3 Å². The van der Waals surface area contributed by atoms with Crippen molar-refractivity contribution in [2.75, 3.05) is 12.8 Å². The van der Waals surface area contributed by atoms with Crippen molar-refractivity contribution in [1.29, 1.82) is 0 Å². The summed E-state index contributed by atoms with van der Waals surface area (Å²) >= 11 is 1.66. The molecule has 1 aliphatic rings. The summed E-state index contributed by atoms with van der Waals surface area (Å²) in [6, 6.07) is 6.78. The Kier molecular flexibility index (Phi) is 7.31. The van der Waals surface area contributed by atoms with E-state index in [1.165, 1.54) is 36.8 Å². The molecule has 0 radical (unpaired) electrons. The number of carbonyl (C=O) groups excluding carboxylic acids is 1. The van der Waals surface area contributed by atoms with Crippen molar-refractivity contribution in [3.8, 4) is 0 Å². The predicted octanol–water partition coefficient (Wildman–Crippen LogP) is 4.49. The molecule has 1 aromatic carbocycles. The zero-order valence-electron chi connectivity index (χ0n) is 17.1. The smallest absolute Gasteiger partial charge is 0.243 e. The highest BCUT2D eigenvalue weighted by Crippen LogP contribution is 2.33. The number of thioether (sulfide) groups is 1. The third-order valence-corrected chi connectivity index (χ3v) is 5.97. The Labute approximate surface area is 172 Å². The van der Waals surface area contributed by atoms with Gasteiger partial charge in [0.2, 0.25) is 5.91 Å². The number of nitrogens with zero attached hydrogens (tertiary/aromatic N) is 3. The van der Waals surface area contributed by atoms with Crippen LogP contribution in [0.5, 0.6) is 0 Å². The number of hydrogen-bond donors (Lipinski definition) is 1. The summed E-state index contributed by atoms with van der Waals surface area (Å²) in [4.78, 5) is 12.1. The lowest BCUT2D eigenvalue weighted by molar-refractivity contribution is -0.116. The summed E-state index contributed by atoms with van der Waals surface area (Å²) < 4.78 is 2.33. The second kappa shape index (κ2) is 9.92. The van der Waals surface area contributed by atoms with Crippen LogP contribution in [-0.4, -0.2) is 33.5 Å². The van der Waals surface area contributed by atoms with Crippen LogP contribution in [0, 0.1) is 13.8 Å². The maximum absolute atomic E-state index is 12.1. The van der Waals surface area contributed by atoms with Gasteiger partial charge >= 0.3 is 0 Å². The number of aryl methyl sites for hydroxylation is 3. The highest BCUT2D eigenvalue weighted by Gasteiger charge is 2.23. The van der Waals surface area contributed by atoms with Gasteiger partial charge in [0.1, 0.15) is 5.82 Å². The second-order valence-corrected chi connectivity index (χ2v) is 8.27. The molecule has 3 rings (SSSR count). The molecule has 28 heavy (non-hydrogen) atoms. The minimum Gasteiger partial charge on any atom is -0.353 e. The van der Waals surface area contributed by atoms with Crippen molar-refractivity contribution in [2.45, 2.75) is 63.6 Å². The summed E-state index contributed by atoms with van der Waals surface area (Å²) in [6.07, 6.45) is 12.3. The lowest BCUT2D eigenvalue weighted by Crippen LogP contribution is -2.23. The normalized spacial score (nSPS) is 14.8. The third-order valence-electron chi connectivity index (χ3n) is 5.32. The van der Waals surface area contributed by atoms with Crippen LogP contribution in [0.15, 0.2) is 29.4 Å². The lowest BCUT2D eigenvalue weighted by atomic mass is 10.1. The van der Waals surface area contributed by atoms with Crippen molar-refractivity contribution >= 4 is 23.7 Å². The van der Waals surface area contributed by atoms with Gasteiger partial charge in [-0.2, -0.15) is 0 Å². The number of amides is 1. The molecule has 1 fully saturated rings. The first-order valence-electron chi connectivity index (χ1n) is 10.1. The number of hydrogen-bond acceptors (Lipinski definition) is 4. The number of rotatable bonds is 8. The summed E-state index contributed by atoms with van der Waals surface area (Å²) in [6.45, 7) is 4.78. The van der Waals surface area contributed by atoms with Crippen LogP contribution in [0.1, 0.15) is 60.7 Å². The molecule has 1 heterocycles. The van der Waals surface area contributed by atoms with E-state index in [-0.39, 0.29) is 5.91 Å². The van der Waals surface area contributed by atoms with Crippen LogP contribution in [0.25, 0.3) is 6.08 Å². The lowest BCUT2D eigenvalue weighted by Gasteiger charge is -2.16. The van der Waals surface area contributed by atoms with Crippen LogP contribution in [-0.2, 0) is 11.2 Å². The fourth-order valence-electron chi connectivity index (χ4n) is 3.84. The molecule has 150 valence electrons. The van der Waals surface area contributed by atoms with Gasteiger partial charge in [-0.3, -0.25) is 4.79 Å². The molecule has 0 saturated heterocycles. The van der Waals surface area contributed by atoms with Crippen molar-refractivity contribution < 1.29 is 4.79 Å². The molecule has 1 aromatic heterocycles. The minimum absolute atomic E-state index is 0.0537. The van der Waals surface area contributed by atoms with Gasteiger partial charge in [0.15, 0.2) is 5.16 Å². The molecule has 0 spiro atoms. The fraction of sp³-hybridized carbons (Fsp3) is 0.500. The molecule has 0 unspecified atom stereocenters. The van der Waals surface area contributed by atoms with Gasteiger partial charge in [-0.15, -0.1) is 10.2 Å². The van der Waals surface area contributed by atoms with Crippen LogP contribution < -0.4 is 5.32 Å². The molecular weight excluding hydrogens is 368 g/mol. The van der Waals surface area contributed by atoms with Crippen molar-refractivity contribution in [3.05, 3.63) is 46.8 Å². The number of aromatic nitrogens is 3. The molecule has 0 bridgehead atoms. The Morgan fingerprint density at radius 1 is 1.29 bits per heavy atom. The van der Waals surface area contributed by atoms with Gasteiger partial charge in [-0.05, 0) is 56.6 Å². The largest absolute Gasteiger partial charge is 0.353 e. The highest BCUT2D eigenvalue weighted by atomic mass is 32.2. The van der Waals surface area contributed by atoms with Crippen LogP contribution in [0.2, 0.25) is 0 Å². The Balaban J connectivity index is 1.48. The zero-order valence-corrected chi connectivity index (χ0v) is 17.9. The van der Waals surface area contributed by atoms with Gasteiger partial charge in [-0.1, -0.05) is 48.4 Å². The molecule has 0 atom stereocenters. The zero-order chi connectivity index (χ0) is 19.9. The maximum Gasteiger partial charge on any atom is 0.243 e. The monoisotopic (exact) mass is 398 g/mol. The first kappa shape index (κ1) is 20.6. The topological polar surface area (TPSA) is 59.8 Å². The fourth-order valence-corrected chi connectivity index (χ4v) is 4.41. The Morgan fingerprint density at radius 2 is 2.07 bits per heavy atom. The van der Waals surface area contributed by atoms with E-state index in [1.54, 1.807) is 17.8 Å². The van der Waals surface area contributed by atoms with Crippen LogP contribution in [0.4, 0.5) is 0 Å². The van der Waals surface area contributed by atoms with E-state index in [4.69, 9.17) is 0 Å². The van der Waals surface area contributed by atoms with Crippen LogP contribution >= 0.6 is 11.8 Å². The van der Waals surface area contributed by atoms with E-state index in [0.717, 1.165) is 29.4 Å². The van der Waals surface area contributed by atoms with Crippen molar-refractivity contribution in [2.24, 2.45) is 0 Å². The van der Waals surface area contributed by atoms with E-state index >= 15 is 0 Å². The molecular formula is C22H30N4OS.